The molecule has 2 atom stereocenters. The lowest BCUT2D eigenvalue weighted by molar-refractivity contribution is 0.678. The van der Waals surface area contributed by atoms with E-state index < -0.39 is 10.8 Å². The van der Waals surface area contributed by atoms with Crippen LogP contribution in [0.5, 0.6) is 0 Å². The maximum Gasteiger partial charge on any atom is 0.243 e. The van der Waals surface area contributed by atoms with Gasteiger partial charge in [-0.3, -0.25) is 4.21 Å². The molecular formula is C9H16N4OS. The van der Waals surface area contributed by atoms with Gasteiger partial charge in [-0.25, -0.2) is 4.98 Å². The molecule has 1 heterocycles. The van der Waals surface area contributed by atoms with E-state index in [2.05, 4.69) is 20.5 Å². The predicted octanol–water partition coefficient (Wildman–Crippen LogP) is 0.667. The fourth-order valence-corrected chi connectivity index (χ4v) is 1.20. The van der Waals surface area contributed by atoms with Crippen LogP contribution >= 0.6 is 0 Å². The van der Waals surface area contributed by atoms with Crippen LogP contribution in [0.25, 0.3) is 0 Å². The molecule has 5 nitrogen and oxygen atoms in total. The molecule has 0 amide bonds. The van der Waals surface area contributed by atoms with Gasteiger partial charge in [0, 0.05) is 28.9 Å². The molecule has 0 aliphatic heterocycles. The first-order chi connectivity index (χ1) is 7.00. The Labute approximate surface area is 92.2 Å². The molecule has 1 aromatic heterocycles. The van der Waals surface area contributed by atoms with Gasteiger partial charge < -0.3 is 5.32 Å². The summed E-state index contributed by atoms with van der Waals surface area (Å²) in [5.41, 5.74) is 1.69. The largest absolute Gasteiger partial charge is 0.352 e. The zero-order chi connectivity index (χ0) is 11.4. The Kier molecular flexibility index (Phi) is 4.14. The third-order valence-electron chi connectivity index (χ3n) is 2.21. The molecule has 0 saturated heterocycles. The monoisotopic (exact) mass is 228 g/mol. The molecule has 1 N–H and O–H groups in total. The number of aryl methyl sites for hydroxylation is 2. The molecule has 0 aliphatic rings. The highest BCUT2D eigenvalue weighted by Crippen LogP contribution is 2.02. The quantitative estimate of drug-likeness (QED) is 0.820. The molecule has 0 saturated carbocycles. The zero-order valence-corrected chi connectivity index (χ0v) is 10.3. The van der Waals surface area contributed by atoms with Crippen LogP contribution in [0.2, 0.25) is 0 Å². The SMILES string of the molecule is Cc1nnc(NCC(C)S(C)=O)nc1C. The second-order valence-corrected chi connectivity index (χ2v) is 5.30. The summed E-state index contributed by atoms with van der Waals surface area (Å²) in [5, 5.41) is 10.9. The topological polar surface area (TPSA) is 67.8 Å². The Morgan fingerprint density at radius 3 is 2.53 bits per heavy atom. The van der Waals surface area contributed by atoms with Crippen LogP contribution in [0.4, 0.5) is 5.95 Å². The summed E-state index contributed by atoms with van der Waals surface area (Å²) >= 11 is 0. The number of rotatable bonds is 4. The van der Waals surface area contributed by atoms with E-state index in [0.29, 0.717) is 12.5 Å². The van der Waals surface area contributed by atoms with Crippen LogP contribution in [0, 0.1) is 13.8 Å². The summed E-state index contributed by atoms with van der Waals surface area (Å²) in [7, 11) is -0.832. The number of anilines is 1. The summed E-state index contributed by atoms with van der Waals surface area (Å²) in [4.78, 5) is 4.22. The number of hydrogen-bond acceptors (Lipinski definition) is 5. The first kappa shape index (κ1) is 12.0. The van der Waals surface area contributed by atoms with Gasteiger partial charge in [0.05, 0.1) is 11.4 Å². The van der Waals surface area contributed by atoms with E-state index in [1.807, 2.05) is 20.8 Å². The van der Waals surface area contributed by atoms with Gasteiger partial charge in [0.2, 0.25) is 5.95 Å². The molecule has 15 heavy (non-hydrogen) atoms. The van der Waals surface area contributed by atoms with Crippen LogP contribution < -0.4 is 5.32 Å². The second kappa shape index (κ2) is 5.16. The molecule has 2 unspecified atom stereocenters. The lowest BCUT2D eigenvalue weighted by atomic mass is 10.4. The average Bonchev–Trinajstić information content (AvgIpc) is 2.19. The normalized spacial score (nSPS) is 14.7. The molecule has 0 spiro atoms. The number of hydrogen-bond donors (Lipinski definition) is 1. The standard InChI is InChI=1S/C9H16N4OS/c1-6(15(4)14)5-10-9-11-7(2)8(3)12-13-9/h6H,5H2,1-4H3,(H,10,11,13). The summed E-state index contributed by atoms with van der Waals surface area (Å²) in [5.74, 6) is 0.496. The molecule has 0 fully saturated rings. The predicted molar refractivity (Wildman–Crippen MR) is 61.3 cm³/mol. The molecule has 0 radical (unpaired) electrons. The van der Waals surface area contributed by atoms with Crippen LogP contribution in [0.1, 0.15) is 18.3 Å². The minimum atomic E-state index is -0.832. The van der Waals surface area contributed by atoms with Gasteiger partial charge >= 0.3 is 0 Å². The Morgan fingerprint density at radius 2 is 2.00 bits per heavy atom. The van der Waals surface area contributed by atoms with Gasteiger partial charge in [-0.2, -0.15) is 5.10 Å². The van der Waals surface area contributed by atoms with E-state index in [1.54, 1.807) is 6.26 Å². The minimum Gasteiger partial charge on any atom is -0.352 e. The molecule has 1 aromatic rings. The summed E-state index contributed by atoms with van der Waals surface area (Å²) < 4.78 is 11.1. The maximum atomic E-state index is 11.1. The van der Waals surface area contributed by atoms with E-state index in [9.17, 15) is 4.21 Å². The second-order valence-electron chi connectivity index (χ2n) is 3.50. The summed E-state index contributed by atoms with van der Waals surface area (Å²) in [6.07, 6.45) is 1.69. The molecule has 6 heteroatoms. The number of nitrogens with one attached hydrogen (secondary N) is 1. The van der Waals surface area contributed by atoms with Crippen molar-refractivity contribution in [3.8, 4) is 0 Å². The third-order valence-corrected chi connectivity index (χ3v) is 3.51. The Morgan fingerprint density at radius 1 is 1.33 bits per heavy atom. The fourth-order valence-electron chi connectivity index (χ4n) is 0.884. The molecule has 0 aromatic carbocycles. The van der Waals surface area contributed by atoms with Crippen molar-refractivity contribution in [2.24, 2.45) is 0 Å². The van der Waals surface area contributed by atoms with Gasteiger partial charge in [-0.1, -0.05) is 0 Å². The van der Waals surface area contributed by atoms with Gasteiger partial charge in [0.15, 0.2) is 0 Å². The lowest BCUT2D eigenvalue weighted by Crippen LogP contribution is -2.22. The van der Waals surface area contributed by atoms with Gasteiger partial charge in [-0.15, -0.1) is 5.10 Å². The van der Waals surface area contributed by atoms with Crippen molar-refractivity contribution in [1.29, 1.82) is 0 Å². The van der Waals surface area contributed by atoms with Crippen molar-refractivity contribution in [2.75, 3.05) is 18.1 Å². The van der Waals surface area contributed by atoms with Crippen molar-refractivity contribution in [1.82, 2.24) is 15.2 Å². The third kappa shape index (κ3) is 3.54. The van der Waals surface area contributed by atoms with E-state index in [1.165, 1.54) is 0 Å². The summed E-state index contributed by atoms with van der Waals surface area (Å²) in [6, 6.07) is 0. The van der Waals surface area contributed by atoms with Gasteiger partial charge in [0.1, 0.15) is 0 Å². The zero-order valence-electron chi connectivity index (χ0n) is 9.44. The van der Waals surface area contributed by atoms with E-state index >= 15 is 0 Å². The Hall–Kier alpha value is -1.04. The Bertz CT molecular complexity index is 369. The number of nitrogens with zero attached hydrogens (tertiary/aromatic N) is 3. The Balaban J connectivity index is 2.58. The maximum absolute atomic E-state index is 11.1. The lowest BCUT2D eigenvalue weighted by Gasteiger charge is -2.09. The van der Waals surface area contributed by atoms with Crippen molar-refractivity contribution in [3.63, 3.8) is 0 Å². The molecular weight excluding hydrogens is 212 g/mol. The molecule has 84 valence electrons. The van der Waals surface area contributed by atoms with Crippen LogP contribution in [0.3, 0.4) is 0 Å². The summed E-state index contributed by atoms with van der Waals surface area (Å²) in [6.45, 7) is 6.25. The molecule has 1 rings (SSSR count). The highest BCUT2D eigenvalue weighted by Gasteiger charge is 2.07. The van der Waals surface area contributed by atoms with E-state index in [4.69, 9.17) is 0 Å². The minimum absolute atomic E-state index is 0.0789. The smallest absolute Gasteiger partial charge is 0.243 e. The molecule has 0 aliphatic carbocycles. The van der Waals surface area contributed by atoms with Crippen molar-refractivity contribution < 1.29 is 4.21 Å². The van der Waals surface area contributed by atoms with Crippen LogP contribution in [-0.4, -0.2) is 37.4 Å². The van der Waals surface area contributed by atoms with Crippen LogP contribution in [-0.2, 0) is 10.8 Å². The first-order valence-electron chi connectivity index (χ1n) is 4.74. The number of aromatic nitrogens is 3. The highest BCUT2D eigenvalue weighted by molar-refractivity contribution is 7.84. The fraction of sp³-hybridized carbons (Fsp3) is 0.667. The van der Waals surface area contributed by atoms with E-state index in [0.717, 1.165) is 11.4 Å². The van der Waals surface area contributed by atoms with Crippen molar-refractivity contribution in [2.45, 2.75) is 26.0 Å². The van der Waals surface area contributed by atoms with Crippen molar-refractivity contribution >= 4 is 16.7 Å². The van der Waals surface area contributed by atoms with E-state index in [-0.39, 0.29) is 5.25 Å². The highest BCUT2D eigenvalue weighted by atomic mass is 32.2. The average molecular weight is 228 g/mol. The molecule has 0 bridgehead atoms. The van der Waals surface area contributed by atoms with Gasteiger partial charge in [0.25, 0.3) is 0 Å². The van der Waals surface area contributed by atoms with Gasteiger partial charge in [-0.05, 0) is 20.8 Å². The van der Waals surface area contributed by atoms with Crippen LogP contribution in [0.15, 0.2) is 0 Å². The van der Waals surface area contributed by atoms with Crippen molar-refractivity contribution in [3.05, 3.63) is 11.4 Å². The first-order valence-corrected chi connectivity index (χ1v) is 6.37.